The minimum absolute atomic E-state index is 0.00365. The van der Waals surface area contributed by atoms with E-state index in [-0.39, 0.29) is 36.0 Å². The Morgan fingerprint density at radius 3 is 2.16 bits per heavy atom. The average Bonchev–Trinajstić information content (AvgIpc) is 3.22. The Kier molecular flexibility index (Phi) is 6.35. The second-order valence-electron chi connectivity index (χ2n) is 8.26. The number of benzene rings is 2. The maximum Gasteiger partial charge on any atom is 0.230 e. The lowest BCUT2D eigenvalue weighted by Crippen LogP contribution is -2.46. The Morgan fingerprint density at radius 2 is 1.55 bits per heavy atom. The smallest absolute Gasteiger partial charge is 0.230 e. The van der Waals surface area contributed by atoms with Crippen LogP contribution in [0.25, 0.3) is 0 Å². The van der Waals surface area contributed by atoms with Crippen LogP contribution in [0, 0.1) is 11.8 Å². The topological polar surface area (TPSA) is 60.9 Å². The van der Waals surface area contributed by atoms with Gasteiger partial charge < -0.3 is 14.7 Å². The Hall–Kier alpha value is -3.15. The van der Waals surface area contributed by atoms with Crippen molar-refractivity contribution in [3.05, 3.63) is 60.7 Å². The monoisotopic (exact) mass is 419 g/mol. The molecule has 0 radical (unpaired) electrons. The minimum atomic E-state index is -0.309. The Balaban J connectivity index is 1.34. The number of amides is 3. The molecule has 0 bridgehead atoms. The van der Waals surface area contributed by atoms with E-state index in [4.69, 9.17) is 0 Å². The summed E-state index contributed by atoms with van der Waals surface area (Å²) >= 11 is 0. The van der Waals surface area contributed by atoms with E-state index in [2.05, 4.69) is 0 Å². The molecule has 2 aromatic rings. The van der Waals surface area contributed by atoms with Gasteiger partial charge in [0.2, 0.25) is 17.7 Å². The van der Waals surface area contributed by atoms with Crippen LogP contribution in [0.3, 0.4) is 0 Å². The Bertz CT molecular complexity index is 924. The van der Waals surface area contributed by atoms with Crippen molar-refractivity contribution >= 4 is 29.1 Å². The van der Waals surface area contributed by atoms with Crippen molar-refractivity contribution in [2.45, 2.75) is 26.2 Å². The molecule has 1 atom stereocenters. The summed E-state index contributed by atoms with van der Waals surface area (Å²) in [4.78, 5) is 44.0. The van der Waals surface area contributed by atoms with Crippen molar-refractivity contribution in [2.75, 3.05) is 36.0 Å². The van der Waals surface area contributed by atoms with Gasteiger partial charge in [0.1, 0.15) is 0 Å². The zero-order valence-electron chi connectivity index (χ0n) is 17.9. The normalized spacial score (nSPS) is 19.5. The third kappa shape index (κ3) is 4.48. The van der Waals surface area contributed by atoms with Crippen molar-refractivity contribution in [1.82, 2.24) is 4.90 Å². The van der Waals surface area contributed by atoms with E-state index in [0.29, 0.717) is 39.0 Å². The van der Waals surface area contributed by atoms with Gasteiger partial charge >= 0.3 is 0 Å². The van der Waals surface area contributed by atoms with Gasteiger partial charge in [-0.05, 0) is 44.0 Å². The summed E-state index contributed by atoms with van der Waals surface area (Å²) in [6.45, 7) is 4.17. The second-order valence-corrected chi connectivity index (χ2v) is 8.26. The average molecular weight is 420 g/mol. The highest BCUT2D eigenvalue weighted by Crippen LogP contribution is 2.29. The first kappa shape index (κ1) is 21.1. The van der Waals surface area contributed by atoms with Gasteiger partial charge in [0.05, 0.1) is 5.92 Å². The molecule has 0 saturated carbocycles. The van der Waals surface area contributed by atoms with Gasteiger partial charge in [-0.15, -0.1) is 0 Å². The first-order valence-electron chi connectivity index (χ1n) is 11.1. The highest BCUT2D eigenvalue weighted by atomic mass is 16.2. The van der Waals surface area contributed by atoms with Crippen LogP contribution in [0.15, 0.2) is 60.7 Å². The number of hydrogen-bond donors (Lipinski definition) is 0. The summed E-state index contributed by atoms with van der Waals surface area (Å²) in [7, 11) is 0. The molecule has 0 aromatic heterocycles. The van der Waals surface area contributed by atoms with E-state index in [9.17, 15) is 14.4 Å². The van der Waals surface area contributed by atoms with Crippen molar-refractivity contribution < 1.29 is 14.4 Å². The fourth-order valence-corrected chi connectivity index (χ4v) is 4.63. The van der Waals surface area contributed by atoms with E-state index in [1.165, 1.54) is 0 Å². The second kappa shape index (κ2) is 9.33. The summed E-state index contributed by atoms with van der Waals surface area (Å²) in [5.74, 6) is -0.220. The van der Waals surface area contributed by atoms with Crippen LogP contribution >= 0.6 is 0 Å². The van der Waals surface area contributed by atoms with Gasteiger partial charge in [0.25, 0.3) is 0 Å². The van der Waals surface area contributed by atoms with Crippen LogP contribution in [-0.4, -0.2) is 48.8 Å². The quantitative estimate of drug-likeness (QED) is 0.747. The van der Waals surface area contributed by atoms with Crippen molar-refractivity contribution in [2.24, 2.45) is 11.8 Å². The van der Waals surface area contributed by atoms with Crippen LogP contribution < -0.4 is 9.80 Å². The molecule has 162 valence electrons. The molecule has 0 aliphatic carbocycles. The maximum absolute atomic E-state index is 13.1. The number of likely N-dealkylation sites (tertiary alicyclic amines) is 1. The Morgan fingerprint density at radius 1 is 0.935 bits per heavy atom. The van der Waals surface area contributed by atoms with Crippen LogP contribution in [0.4, 0.5) is 11.4 Å². The van der Waals surface area contributed by atoms with E-state index >= 15 is 0 Å². The van der Waals surface area contributed by atoms with Crippen molar-refractivity contribution in [3.63, 3.8) is 0 Å². The molecule has 2 heterocycles. The highest BCUT2D eigenvalue weighted by molar-refractivity contribution is 6.00. The number of para-hydroxylation sites is 2. The van der Waals surface area contributed by atoms with E-state index in [1.807, 2.05) is 77.4 Å². The minimum Gasteiger partial charge on any atom is -0.342 e. The summed E-state index contributed by atoms with van der Waals surface area (Å²) in [6, 6.07) is 19.2. The van der Waals surface area contributed by atoms with Crippen LogP contribution in [0.5, 0.6) is 0 Å². The number of carbonyl (C=O) groups is 3. The number of hydrogen-bond acceptors (Lipinski definition) is 3. The van der Waals surface area contributed by atoms with E-state index < -0.39 is 0 Å². The number of nitrogens with zero attached hydrogens (tertiary/aromatic N) is 3. The van der Waals surface area contributed by atoms with Gasteiger partial charge in [-0.3, -0.25) is 14.4 Å². The Labute approximate surface area is 183 Å². The van der Waals surface area contributed by atoms with Gasteiger partial charge in [0, 0.05) is 49.9 Å². The molecule has 6 nitrogen and oxygen atoms in total. The molecule has 31 heavy (non-hydrogen) atoms. The van der Waals surface area contributed by atoms with Crippen LogP contribution in [-0.2, 0) is 14.4 Å². The summed E-state index contributed by atoms with van der Waals surface area (Å²) in [6.07, 6.45) is 1.58. The molecule has 1 unspecified atom stereocenters. The third-order valence-corrected chi connectivity index (χ3v) is 6.35. The number of carbonyl (C=O) groups excluding carboxylic acids is 3. The molecule has 2 aliphatic heterocycles. The first-order chi connectivity index (χ1) is 15.1. The number of rotatable bonds is 5. The molecule has 6 heteroatoms. The predicted molar refractivity (Wildman–Crippen MR) is 121 cm³/mol. The lowest BCUT2D eigenvalue weighted by Gasteiger charge is -2.35. The van der Waals surface area contributed by atoms with Gasteiger partial charge in [-0.25, -0.2) is 0 Å². The molecule has 3 amide bonds. The van der Waals surface area contributed by atoms with Gasteiger partial charge in [0.15, 0.2) is 0 Å². The standard InChI is InChI=1S/C25H29N3O3/c1-2-27(21-9-5-3-6-10-21)25(31)19-13-15-26(16-14-19)24(30)20-17-23(29)28(18-20)22-11-7-4-8-12-22/h3-12,19-20H,2,13-18H2,1H3. The summed E-state index contributed by atoms with van der Waals surface area (Å²) in [5, 5.41) is 0. The maximum atomic E-state index is 13.1. The summed E-state index contributed by atoms with van der Waals surface area (Å²) in [5.41, 5.74) is 1.76. The highest BCUT2D eigenvalue weighted by Gasteiger charge is 2.39. The zero-order chi connectivity index (χ0) is 21.8. The molecule has 0 N–H and O–H groups in total. The van der Waals surface area contributed by atoms with Crippen molar-refractivity contribution in [3.8, 4) is 0 Å². The molecular weight excluding hydrogens is 390 g/mol. The fourth-order valence-electron chi connectivity index (χ4n) is 4.63. The number of piperidine rings is 1. The lowest BCUT2D eigenvalue weighted by atomic mass is 9.93. The summed E-state index contributed by atoms with van der Waals surface area (Å²) < 4.78 is 0. The fraction of sp³-hybridized carbons (Fsp3) is 0.400. The first-order valence-corrected chi connectivity index (χ1v) is 11.1. The number of anilines is 2. The van der Waals surface area contributed by atoms with Gasteiger partial charge in [-0.1, -0.05) is 36.4 Å². The molecule has 4 rings (SSSR count). The largest absolute Gasteiger partial charge is 0.342 e. The van der Waals surface area contributed by atoms with Crippen LogP contribution in [0.1, 0.15) is 26.2 Å². The van der Waals surface area contributed by atoms with E-state index in [0.717, 1.165) is 11.4 Å². The SMILES string of the molecule is CCN(C(=O)C1CCN(C(=O)C2CC(=O)N(c3ccccc3)C2)CC1)c1ccccc1. The van der Waals surface area contributed by atoms with Gasteiger partial charge in [-0.2, -0.15) is 0 Å². The third-order valence-electron chi connectivity index (χ3n) is 6.35. The van der Waals surface area contributed by atoms with Crippen molar-refractivity contribution in [1.29, 1.82) is 0 Å². The zero-order valence-corrected chi connectivity index (χ0v) is 17.9. The molecule has 2 fully saturated rings. The van der Waals surface area contributed by atoms with E-state index in [1.54, 1.807) is 4.90 Å². The molecular formula is C25H29N3O3. The molecule has 0 spiro atoms. The molecule has 2 aromatic carbocycles. The lowest BCUT2D eigenvalue weighted by molar-refractivity contribution is -0.138. The predicted octanol–water partition coefficient (Wildman–Crippen LogP) is 3.33. The van der Waals surface area contributed by atoms with Crippen LogP contribution in [0.2, 0.25) is 0 Å². The molecule has 2 saturated heterocycles. The molecule has 2 aliphatic rings.